The van der Waals surface area contributed by atoms with E-state index in [1.165, 1.54) is 0 Å². The van der Waals surface area contributed by atoms with Gasteiger partial charge in [0, 0.05) is 16.3 Å². The Morgan fingerprint density at radius 3 is 2.69 bits per heavy atom. The molecule has 1 aliphatic rings. The molecule has 1 atom stereocenters. The predicted molar refractivity (Wildman–Crippen MR) is 114 cm³/mol. The summed E-state index contributed by atoms with van der Waals surface area (Å²) in [6.45, 7) is 4.66. The molecule has 0 saturated heterocycles. The molecule has 0 amide bonds. The van der Waals surface area contributed by atoms with Crippen LogP contribution in [0.15, 0.2) is 58.5 Å². The highest BCUT2D eigenvalue weighted by Crippen LogP contribution is 2.33. The zero-order valence-corrected chi connectivity index (χ0v) is 16.8. The Bertz CT molecular complexity index is 1100. The molecule has 6 heteroatoms. The maximum Gasteiger partial charge on any atom is 0.259 e. The highest BCUT2D eigenvalue weighted by molar-refractivity contribution is 6.04. The molecular weight excluding hydrogens is 368 g/mol. The minimum Gasteiger partial charge on any atom is -0.497 e. The van der Waals surface area contributed by atoms with Gasteiger partial charge in [0.15, 0.2) is 6.10 Å². The van der Waals surface area contributed by atoms with Crippen LogP contribution in [0.4, 0.5) is 0 Å². The molecule has 1 aliphatic heterocycles. The van der Waals surface area contributed by atoms with Crippen molar-refractivity contribution in [3.8, 4) is 16.9 Å². The summed E-state index contributed by atoms with van der Waals surface area (Å²) in [6, 6.07) is 15.5. The number of benzene rings is 2. The Balaban J connectivity index is 1.95. The number of nitrogens with zero attached hydrogens (tertiary/aromatic N) is 2. The molecule has 0 bridgehead atoms. The first kappa shape index (κ1) is 19.2. The Morgan fingerprint density at radius 1 is 1.17 bits per heavy atom. The Kier molecular flexibility index (Phi) is 5.36. The van der Waals surface area contributed by atoms with Gasteiger partial charge in [-0.25, -0.2) is 0 Å². The van der Waals surface area contributed by atoms with Gasteiger partial charge < -0.3 is 18.9 Å². The first-order valence-electron chi connectivity index (χ1n) is 9.69. The van der Waals surface area contributed by atoms with Crippen molar-refractivity contribution in [3.63, 3.8) is 0 Å². The highest BCUT2D eigenvalue weighted by atomic mass is 16.7. The summed E-state index contributed by atoms with van der Waals surface area (Å²) in [4.78, 5) is 19.0. The second kappa shape index (κ2) is 8.09. The van der Waals surface area contributed by atoms with E-state index < -0.39 is 0 Å². The minimum absolute atomic E-state index is 0.0750. The molecule has 2 heterocycles. The summed E-state index contributed by atoms with van der Waals surface area (Å²) >= 11 is 0. The van der Waals surface area contributed by atoms with Crippen LogP contribution in [0.2, 0.25) is 0 Å². The fraction of sp³-hybridized carbons (Fsp3) is 0.304. The zero-order chi connectivity index (χ0) is 20.4. The zero-order valence-electron chi connectivity index (χ0n) is 16.8. The monoisotopic (exact) mass is 392 g/mol. The molecule has 0 fully saturated rings. The number of hydrogen-bond donors (Lipinski definition) is 0. The first-order valence-corrected chi connectivity index (χ1v) is 9.69. The number of ether oxygens (including phenoxy) is 2. The van der Waals surface area contributed by atoms with E-state index in [0.717, 1.165) is 16.5 Å². The maximum absolute atomic E-state index is 13.4. The van der Waals surface area contributed by atoms with Crippen LogP contribution in [0, 0.1) is 0 Å². The van der Waals surface area contributed by atoms with E-state index in [-0.39, 0.29) is 17.8 Å². The summed E-state index contributed by atoms with van der Waals surface area (Å²) in [7, 11) is 1.62. The topological polar surface area (TPSA) is 62.1 Å². The lowest BCUT2D eigenvalue weighted by Gasteiger charge is -2.19. The molecule has 29 heavy (non-hydrogen) atoms. The van der Waals surface area contributed by atoms with E-state index in [0.29, 0.717) is 30.0 Å². The quantitative estimate of drug-likeness (QED) is 0.662. The summed E-state index contributed by atoms with van der Waals surface area (Å²) in [5, 5.41) is 5.61. The SMILES string of the molecule is COc1ccc2c(=O)n3c(c(-c4ccccc4)c2c1)C=NOC(COC(C)C)C3. The Morgan fingerprint density at radius 2 is 1.97 bits per heavy atom. The predicted octanol–water partition coefficient (Wildman–Crippen LogP) is 3.83. The first-order chi connectivity index (χ1) is 14.1. The third-order valence-electron chi connectivity index (χ3n) is 4.97. The van der Waals surface area contributed by atoms with Gasteiger partial charge in [-0.15, -0.1) is 0 Å². The third-order valence-corrected chi connectivity index (χ3v) is 4.97. The molecule has 0 radical (unpaired) electrons. The van der Waals surface area contributed by atoms with Crippen LogP contribution in [0.3, 0.4) is 0 Å². The van der Waals surface area contributed by atoms with Crippen LogP contribution in [0.25, 0.3) is 21.9 Å². The lowest BCUT2D eigenvalue weighted by atomic mass is 9.96. The van der Waals surface area contributed by atoms with Crippen LogP contribution in [0.5, 0.6) is 5.75 Å². The minimum atomic E-state index is -0.341. The van der Waals surface area contributed by atoms with Crippen molar-refractivity contribution < 1.29 is 14.3 Å². The third kappa shape index (κ3) is 3.76. The molecule has 4 rings (SSSR count). The van der Waals surface area contributed by atoms with E-state index >= 15 is 0 Å². The second-order valence-corrected chi connectivity index (χ2v) is 7.30. The van der Waals surface area contributed by atoms with Gasteiger partial charge >= 0.3 is 0 Å². The molecule has 150 valence electrons. The number of fused-ring (bicyclic) bond motifs is 2. The summed E-state index contributed by atoms with van der Waals surface area (Å²) < 4.78 is 12.8. The van der Waals surface area contributed by atoms with Crippen molar-refractivity contribution in [2.75, 3.05) is 13.7 Å². The van der Waals surface area contributed by atoms with Crippen molar-refractivity contribution in [2.24, 2.45) is 5.16 Å². The van der Waals surface area contributed by atoms with Gasteiger partial charge in [0.25, 0.3) is 5.56 Å². The van der Waals surface area contributed by atoms with E-state index in [4.69, 9.17) is 14.3 Å². The lowest BCUT2D eigenvalue weighted by Crippen LogP contribution is -2.32. The Hall–Kier alpha value is -3.12. The molecule has 3 aromatic rings. The molecule has 0 aliphatic carbocycles. The van der Waals surface area contributed by atoms with Crippen LogP contribution in [0.1, 0.15) is 19.5 Å². The van der Waals surface area contributed by atoms with Crippen LogP contribution >= 0.6 is 0 Å². The van der Waals surface area contributed by atoms with Crippen molar-refractivity contribution in [1.82, 2.24) is 4.57 Å². The van der Waals surface area contributed by atoms with Crippen LogP contribution in [-0.2, 0) is 16.1 Å². The number of methoxy groups -OCH3 is 1. The maximum atomic E-state index is 13.4. The molecular formula is C23H24N2O4. The van der Waals surface area contributed by atoms with Crippen molar-refractivity contribution in [1.29, 1.82) is 0 Å². The van der Waals surface area contributed by atoms with Gasteiger partial charge in [0.1, 0.15) is 5.75 Å². The van der Waals surface area contributed by atoms with Gasteiger partial charge in [-0.2, -0.15) is 0 Å². The second-order valence-electron chi connectivity index (χ2n) is 7.30. The Labute approximate surface area is 169 Å². The van der Waals surface area contributed by atoms with Gasteiger partial charge in [0.05, 0.1) is 38.3 Å². The molecule has 6 nitrogen and oxygen atoms in total. The van der Waals surface area contributed by atoms with Crippen LogP contribution < -0.4 is 10.3 Å². The van der Waals surface area contributed by atoms with Crippen molar-refractivity contribution >= 4 is 17.0 Å². The molecule has 0 saturated carbocycles. The number of pyridine rings is 1. The highest BCUT2D eigenvalue weighted by Gasteiger charge is 2.23. The number of hydrogen-bond acceptors (Lipinski definition) is 5. The number of rotatable bonds is 5. The largest absolute Gasteiger partial charge is 0.497 e. The molecule has 0 N–H and O–H groups in total. The van der Waals surface area contributed by atoms with Gasteiger partial charge in [-0.05, 0) is 37.6 Å². The fourth-order valence-corrected chi connectivity index (χ4v) is 3.58. The standard InChI is InChI=1S/C23H24N2O4/c1-15(2)28-14-18-13-25-21(12-24-29-18)22(16-7-5-4-6-8-16)20-11-17(27-3)9-10-19(20)23(25)26/h4-12,15,18H,13-14H2,1-3H3. The fourth-order valence-electron chi connectivity index (χ4n) is 3.58. The smallest absolute Gasteiger partial charge is 0.259 e. The summed E-state index contributed by atoms with van der Waals surface area (Å²) in [5.74, 6) is 0.698. The lowest BCUT2D eigenvalue weighted by molar-refractivity contribution is -0.0384. The average Bonchev–Trinajstić information content (AvgIpc) is 2.95. The molecule has 1 unspecified atom stereocenters. The number of oxime groups is 1. The van der Waals surface area contributed by atoms with E-state index in [2.05, 4.69) is 5.16 Å². The summed E-state index contributed by atoms with van der Waals surface area (Å²) in [6.07, 6.45) is 1.36. The van der Waals surface area contributed by atoms with E-state index in [1.54, 1.807) is 17.9 Å². The van der Waals surface area contributed by atoms with Gasteiger partial charge in [-0.1, -0.05) is 35.5 Å². The van der Waals surface area contributed by atoms with E-state index in [1.807, 2.05) is 62.4 Å². The molecule has 1 aromatic heterocycles. The van der Waals surface area contributed by atoms with Gasteiger partial charge in [-0.3, -0.25) is 4.79 Å². The average molecular weight is 392 g/mol. The van der Waals surface area contributed by atoms with Crippen molar-refractivity contribution in [2.45, 2.75) is 32.6 Å². The number of aromatic nitrogens is 1. The molecule has 2 aromatic carbocycles. The van der Waals surface area contributed by atoms with E-state index in [9.17, 15) is 4.79 Å². The molecule has 0 spiro atoms. The normalized spacial score (nSPS) is 15.8. The van der Waals surface area contributed by atoms with Crippen LogP contribution in [-0.4, -0.2) is 36.7 Å². The summed E-state index contributed by atoms with van der Waals surface area (Å²) in [5.41, 5.74) is 2.56. The van der Waals surface area contributed by atoms with Gasteiger partial charge in [0.2, 0.25) is 0 Å². The van der Waals surface area contributed by atoms with Crippen molar-refractivity contribution in [3.05, 3.63) is 64.6 Å².